The number of anilines is 1. The summed E-state index contributed by atoms with van der Waals surface area (Å²) in [5.74, 6) is -0.248. The van der Waals surface area contributed by atoms with Crippen molar-refractivity contribution < 1.29 is 19.1 Å². The summed E-state index contributed by atoms with van der Waals surface area (Å²) in [5, 5.41) is 7.60. The number of halogens is 1. The molecule has 0 radical (unpaired) electrons. The second-order valence-electron chi connectivity index (χ2n) is 6.53. The Labute approximate surface area is 179 Å². The van der Waals surface area contributed by atoms with Gasteiger partial charge < -0.3 is 14.8 Å². The van der Waals surface area contributed by atoms with Crippen LogP contribution < -0.4 is 10.1 Å². The molecule has 1 N–H and O–H groups in total. The van der Waals surface area contributed by atoms with Gasteiger partial charge in [-0.25, -0.2) is 9.48 Å². The minimum Gasteiger partial charge on any atom is -0.481 e. The SMILES string of the molecule is CCOC(=O)c1cnn(-c2ccccc2)c1NC(=O)C(C)Oc1ccc(Cl)cc1C. The molecule has 0 saturated heterocycles. The molecule has 3 aromatic rings. The van der Waals surface area contributed by atoms with Crippen LogP contribution in [0.4, 0.5) is 5.82 Å². The van der Waals surface area contributed by atoms with Crippen LogP contribution >= 0.6 is 11.6 Å². The normalized spacial score (nSPS) is 11.6. The predicted octanol–water partition coefficient (Wildman–Crippen LogP) is 4.42. The van der Waals surface area contributed by atoms with Gasteiger partial charge in [0.1, 0.15) is 11.3 Å². The van der Waals surface area contributed by atoms with Gasteiger partial charge in [-0.15, -0.1) is 0 Å². The third kappa shape index (κ3) is 4.80. The molecule has 1 atom stereocenters. The zero-order valence-electron chi connectivity index (χ0n) is 16.9. The summed E-state index contributed by atoms with van der Waals surface area (Å²) in [6, 6.07) is 14.3. The lowest BCUT2D eigenvalue weighted by Gasteiger charge is -2.17. The van der Waals surface area contributed by atoms with Crippen LogP contribution in [0, 0.1) is 6.92 Å². The minimum absolute atomic E-state index is 0.156. The molecule has 0 aliphatic heterocycles. The fourth-order valence-corrected chi connectivity index (χ4v) is 3.03. The van der Waals surface area contributed by atoms with Crippen LogP contribution in [0.5, 0.6) is 5.75 Å². The van der Waals surface area contributed by atoms with Gasteiger partial charge in [0.2, 0.25) is 0 Å². The maximum absolute atomic E-state index is 12.9. The molecule has 7 nitrogen and oxygen atoms in total. The van der Waals surface area contributed by atoms with Crippen molar-refractivity contribution in [1.82, 2.24) is 9.78 Å². The molecule has 0 spiro atoms. The number of amides is 1. The number of hydrogen-bond acceptors (Lipinski definition) is 5. The number of hydrogen-bond donors (Lipinski definition) is 1. The maximum atomic E-state index is 12.9. The molecule has 0 bridgehead atoms. The Morgan fingerprint density at radius 2 is 1.93 bits per heavy atom. The number of para-hydroxylation sites is 1. The van der Waals surface area contributed by atoms with Gasteiger partial charge in [0.05, 0.1) is 18.5 Å². The van der Waals surface area contributed by atoms with Crippen LogP contribution in [0.25, 0.3) is 5.69 Å². The molecule has 1 amide bonds. The quantitative estimate of drug-likeness (QED) is 0.564. The highest BCUT2D eigenvalue weighted by Crippen LogP contribution is 2.24. The Morgan fingerprint density at radius 1 is 1.20 bits per heavy atom. The van der Waals surface area contributed by atoms with Crippen LogP contribution in [-0.2, 0) is 9.53 Å². The largest absolute Gasteiger partial charge is 0.481 e. The van der Waals surface area contributed by atoms with Gasteiger partial charge in [0.25, 0.3) is 5.91 Å². The van der Waals surface area contributed by atoms with E-state index in [1.807, 2.05) is 37.3 Å². The summed E-state index contributed by atoms with van der Waals surface area (Å²) >= 11 is 5.97. The molecule has 0 aliphatic rings. The van der Waals surface area contributed by atoms with Crippen LogP contribution in [0.3, 0.4) is 0 Å². The summed E-state index contributed by atoms with van der Waals surface area (Å²) in [6.07, 6.45) is 0.536. The number of ether oxygens (including phenoxy) is 2. The number of aromatic nitrogens is 2. The first kappa shape index (κ1) is 21.4. The Balaban J connectivity index is 1.87. The Kier molecular flexibility index (Phi) is 6.74. The van der Waals surface area contributed by atoms with Gasteiger partial charge in [0, 0.05) is 5.02 Å². The zero-order valence-corrected chi connectivity index (χ0v) is 17.6. The average molecular weight is 428 g/mol. The summed E-state index contributed by atoms with van der Waals surface area (Å²) in [6.45, 7) is 5.38. The second kappa shape index (κ2) is 9.45. The highest BCUT2D eigenvalue weighted by Gasteiger charge is 2.24. The fourth-order valence-electron chi connectivity index (χ4n) is 2.80. The molecule has 1 unspecified atom stereocenters. The van der Waals surface area contributed by atoms with E-state index in [9.17, 15) is 9.59 Å². The smallest absolute Gasteiger partial charge is 0.343 e. The van der Waals surface area contributed by atoms with Crippen LogP contribution in [0.2, 0.25) is 5.02 Å². The van der Waals surface area contributed by atoms with E-state index in [-0.39, 0.29) is 18.0 Å². The molecule has 1 aromatic heterocycles. The molecular weight excluding hydrogens is 406 g/mol. The van der Waals surface area contributed by atoms with Crippen molar-refractivity contribution in [2.45, 2.75) is 26.9 Å². The molecule has 0 fully saturated rings. The Hall–Kier alpha value is -3.32. The van der Waals surface area contributed by atoms with Crippen molar-refractivity contribution in [3.63, 3.8) is 0 Å². The van der Waals surface area contributed by atoms with Crippen LogP contribution in [-0.4, -0.2) is 34.4 Å². The summed E-state index contributed by atoms with van der Waals surface area (Å²) in [4.78, 5) is 25.2. The molecule has 30 heavy (non-hydrogen) atoms. The third-order valence-corrected chi connectivity index (χ3v) is 4.55. The standard InChI is InChI=1S/C22H22ClN3O4/c1-4-29-22(28)18-13-24-26(17-8-6-5-7-9-17)20(18)25-21(27)15(3)30-19-11-10-16(23)12-14(19)2/h5-13,15H,4H2,1-3H3,(H,25,27). The van der Waals surface area contributed by atoms with Crippen LogP contribution in [0.1, 0.15) is 29.8 Å². The van der Waals surface area contributed by atoms with Gasteiger partial charge in [-0.3, -0.25) is 4.79 Å². The Morgan fingerprint density at radius 3 is 2.60 bits per heavy atom. The zero-order chi connectivity index (χ0) is 21.7. The van der Waals surface area contributed by atoms with Crippen molar-refractivity contribution in [1.29, 1.82) is 0 Å². The first-order chi connectivity index (χ1) is 14.4. The average Bonchev–Trinajstić information content (AvgIpc) is 3.14. The number of nitrogens with zero attached hydrogens (tertiary/aromatic N) is 2. The second-order valence-corrected chi connectivity index (χ2v) is 6.97. The molecule has 156 valence electrons. The van der Waals surface area contributed by atoms with E-state index in [0.29, 0.717) is 16.5 Å². The number of aryl methyl sites for hydroxylation is 1. The fraction of sp³-hybridized carbons (Fsp3) is 0.227. The van der Waals surface area contributed by atoms with E-state index >= 15 is 0 Å². The summed E-state index contributed by atoms with van der Waals surface area (Å²) in [7, 11) is 0. The van der Waals surface area contributed by atoms with E-state index < -0.39 is 18.0 Å². The van der Waals surface area contributed by atoms with E-state index in [2.05, 4.69) is 10.4 Å². The van der Waals surface area contributed by atoms with Gasteiger partial charge in [-0.2, -0.15) is 5.10 Å². The molecule has 2 aromatic carbocycles. The first-order valence-electron chi connectivity index (χ1n) is 9.45. The molecular formula is C22H22ClN3O4. The lowest BCUT2D eigenvalue weighted by molar-refractivity contribution is -0.122. The number of rotatable bonds is 7. The van der Waals surface area contributed by atoms with Crippen molar-refractivity contribution in [3.05, 3.63) is 70.9 Å². The van der Waals surface area contributed by atoms with Gasteiger partial charge in [-0.1, -0.05) is 29.8 Å². The number of benzene rings is 2. The maximum Gasteiger partial charge on any atom is 0.343 e. The topological polar surface area (TPSA) is 82.5 Å². The highest BCUT2D eigenvalue weighted by molar-refractivity contribution is 6.30. The van der Waals surface area contributed by atoms with Crippen LogP contribution in [0.15, 0.2) is 54.7 Å². The van der Waals surface area contributed by atoms with E-state index in [0.717, 1.165) is 5.56 Å². The predicted molar refractivity (Wildman–Crippen MR) is 114 cm³/mol. The summed E-state index contributed by atoms with van der Waals surface area (Å²) in [5.41, 5.74) is 1.65. The molecule has 3 rings (SSSR count). The third-order valence-electron chi connectivity index (χ3n) is 4.32. The molecule has 0 aliphatic carbocycles. The van der Waals surface area contributed by atoms with Crippen molar-refractivity contribution >= 4 is 29.3 Å². The van der Waals surface area contributed by atoms with Gasteiger partial charge in [-0.05, 0) is 56.7 Å². The van der Waals surface area contributed by atoms with E-state index in [1.165, 1.54) is 10.9 Å². The molecule has 8 heteroatoms. The number of carbonyl (C=O) groups is 2. The number of nitrogens with one attached hydrogen (secondary N) is 1. The van der Waals surface area contributed by atoms with E-state index in [1.54, 1.807) is 32.0 Å². The van der Waals surface area contributed by atoms with Crippen molar-refractivity contribution in [2.24, 2.45) is 0 Å². The molecule has 1 heterocycles. The minimum atomic E-state index is -0.834. The summed E-state index contributed by atoms with van der Waals surface area (Å²) < 4.78 is 12.4. The number of esters is 1. The van der Waals surface area contributed by atoms with E-state index in [4.69, 9.17) is 21.1 Å². The monoisotopic (exact) mass is 427 g/mol. The molecule has 0 saturated carbocycles. The Bertz CT molecular complexity index is 1050. The lowest BCUT2D eigenvalue weighted by atomic mass is 10.2. The van der Waals surface area contributed by atoms with Crippen molar-refractivity contribution in [3.8, 4) is 11.4 Å². The van der Waals surface area contributed by atoms with Gasteiger partial charge >= 0.3 is 5.97 Å². The number of carbonyl (C=O) groups excluding carboxylic acids is 2. The van der Waals surface area contributed by atoms with Crippen molar-refractivity contribution in [2.75, 3.05) is 11.9 Å². The van der Waals surface area contributed by atoms with Gasteiger partial charge in [0.15, 0.2) is 11.9 Å². The highest BCUT2D eigenvalue weighted by atomic mass is 35.5. The lowest BCUT2D eigenvalue weighted by Crippen LogP contribution is -2.31. The first-order valence-corrected chi connectivity index (χ1v) is 9.82.